The molecular weight excluding hydrogens is 266 g/mol. The summed E-state index contributed by atoms with van der Waals surface area (Å²) in [6.07, 6.45) is 1.76. The van der Waals surface area contributed by atoms with Crippen molar-refractivity contribution in [2.45, 2.75) is 13.0 Å². The number of H-pyrrole nitrogens is 1. The number of hydrogen-bond acceptors (Lipinski definition) is 3. The highest BCUT2D eigenvalue weighted by molar-refractivity contribution is 5.96. The predicted molar refractivity (Wildman–Crippen MR) is 80.8 cm³/mol. The SMILES string of the molecule is O=C(Cc1cccc2ccccc12)Nc1[nH]ncc1CO. The predicted octanol–water partition coefficient (Wildman–Crippen LogP) is 2.24. The third-order valence-electron chi connectivity index (χ3n) is 3.38. The van der Waals surface area contributed by atoms with Crippen molar-refractivity contribution in [1.29, 1.82) is 0 Å². The van der Waals surface area contributed by atoms with Crippen LogP contribution in [0, 0.1) is 0 Å². The summed E-state index contributed by atoms with van der Waals surface area (Å²) in [5, 5.41) is 20.5. The number of hydrogen-bond donors (Lipinski definition) is 3. The fourth-order valence-electron chi connectivity index (χ4n) is 2.34. The number of anilines is 1. The first-order chi connectivity index (χ1) is 10.3. The molecule has 0 radical (unpaired) electrons. The lowest BCUT2D eigenvalue weighted by Crippen LogP contribution is -2.16. The molecule has 3 aromatic rings. The number of aromatic nitrogens is 2. The van der Waals surface area contributed by atoms with E-state index >= 15 is 0 Å². The van der Waals surface area contributed by atoms with Crippen molar-refractivity contribution < 1.29 is 9.90 Å². The Bertz CT molecular complexity index is 775. The molecule has 0 atom stereocenters. The van der Waals surface area contributed by atoms with Crippen molar-refractivity contribution in [1.82, 2.24) is 10.2 Å². The van der Waals surface area contributed by atoms with Crippen LogP contribution in [0.25, 0.3) is 10.8 Å². The summed E-state index contributed by atoms with van der Waals surface area (Å²) in [4.78, 5) is 12.2. The van der Waals surface area contributed by atoms with E-state index in [2.05, 4.69) is 15.5 Å². The fourth-order valence-corrected chi connectivity index (χ4v) is 2.34. The Balaban J connectivity index is 1.81. The van der Waals surface area contributed by atoms with Gasteiger partial charge in [0, 0.05) is 5.56 Å². The molecule has 5 heteroatoms. The maximum absolute atomic E-state index is 12.2. The molecule has 5 nitrogen and oxygen atoms in total. The first-order valence-electron chi connectivity index (χ1n) is 6.67. The molecule has 1 heterocycles. The number of aromatic amines is 1. The lowest BCUT2D eigenvalue weighted by molar-refractivity contribution is -0.115. The summed E-state index contributed by atoms with van der Waals surface area (Å²) in [5.41, 5.74) is 1.54. The van der Waals surface area contributed by atoms with Gasteiger partial charge >= 0.3 is 0 Å². The molecule has 3 N–H and O–H groups in total. The Kier molecular flexibility index (Phi) is 3.66. The van der Waals surface area contributed by atoms with Crippen molar-refractivity contribution in [3.63, 3.8) is 0 Å². The second-order valence-electron chi connectivity index (χ2n) is 4.79. The Labute approximate surface area is 121 Å². The largest absolute Gasteiger partial charge is 0.391 e. The number of carbonyl (C=O) groups is 1. The molecule has 0 fully saturated rings. The zero-order valence-corrected chi connectivity index (χ0v) is 11.3. The van der Waals surface area contributed by atoms with Gasteiger partial charge in [0.25, 0.3) is 0 Å². The van der Waals surface area contributed by atoms with E-state index in [0.29, 0.717) is 11.4 Å². The smallest absolute Gasteiger partial charge is 0.229 e. The van der Waals surface area contributed by atoms with Crippen LogP contribution in [-0.2, 0) is 17.8 Å². The Morgan fingerprint density at radius 3 is 2.81 bits per heavy atom. The van der Waals surface area contributed by atoms with E-state index in [9.17, 15) is 4.79 Å². The molecule has 0 bridgehead atoms. The van der Waals surface area contributed by atoms with Crippen LogP contribution in [0.5, 0.6) is 0 Å². The lowest BCUT2D eigenvalue weighted by atomic mass is 10.0. The minimum absolute atomic E-state index is 0.148. The number of nitrogens with one attached hydrogen (secondary N) is 2. The van der Waals surface area contributed by atoms with E-state index in [1.807, 2.05) is 42.5 Å². The lowest BCUT2D eigenvalue weighted by Gasteiger charge is -2.07. The second kappa shape index (κ2) is 5.76. The van der Waals surface area contributed by atoms with Gasteiger partial charge in [-0.15, -0.1) is 0 Å². The van der Waals surface area contributed by atoms with Crippen LogP contribution >= 0.6 is 0 Å². The molecule has 0 saturated heterocycles. The number of fused-ring (bicyclic) bond motifs is 1. The molecule has 1 aromatic heterocycles. The van der Waals surface area contributed by atoms with Crippen LogP contribution in [-0.4, -0.2) is 21.2 Å². The van der Waals surface area contributed by atoms with Crippen LogP contribution in [0.15, 0.2) is 48.7 Å². The normalized spacial score (nSPS) is 10.7. The Hall–Kier alpha value is -2.66. The van der Waals surface area contributed by atoms with Crippen LogP contribution in [0.1, 0.15) is 11.1 Å². The minimum atomic E-state index is -0.166. The molecule has 0 saturated carbocycles. The first-order valence-corrected chi connectivity index (χ1v) is 6.67. The van der Waals surface area contributed by atoms with Crippen molar-refractivity contribution in [2.75, 3.05) is 5.32 Å². The van der Waals surface area contributed by atoms with Gasteiger partial charge in [0.2, 0.25) is 5.91 Å². The molecular formula is C16H15N3O2. The van der Waals surface area contributed by atoms with E-state index in [0.717, 1.165) is 16.3 Å². The van der Waals surface area contributed by atoms with E-state index < -0.39 is 0 Å². The third kappa shape index (κ3) is 2.78. The fraction of sp³-hybridized carbons (Fsp3) is 0.125. The van der Waals surface area contributed by atoms with Crippen molar-refractivity contribution in [3.05, 3.63) is 59.8 Å². The summed E-state index contributed by atoms with van der Waals surface area (Å²) in [6.45, 7) is -0.166. The van der Waals surface area contributed by atoms with E-state index in [1.54, 1.807) is 0 Å². The van der Waals surface area contributed by atoms with Crippen LogP contribution < -0.4 is 5.32 Å². The number of aliphatic hydroxyl groups is 1. The zero-order chi connectivity index (χ0) is 14.7. The topological polar surface area (TPSA) is 78.0 Å². The van der Waals surface area contributed by atoms with Gasteiger partial charge in [0.05, 0.1) is 19.2 Å². The third-order valence-corrected chi connectivity index (χ3v) is 3.38. The molecule has 0 unspecified atom stereocenters. The second-order valence-corrected chi connectivity index (χ2v) is 4.79. The van der Waals surface area contributed by atoms with Gasteiger partial charge in [-0.25, -0.2) is 0 Å². The molecule has 0 aliphatic carbocycles. The van der Waals surface area contributed by atoms with E-state index in [4.69, 9.17) is 5.11 Å². The van der Waals surface area contributed by atoms with Gasteiger partial charge in [-0.2, -0.15) is 5.10 Å². The highest BCUT2D eigenvalue weighted by atomic mass is 16.3. The maximum atomic E-state index is 12.2. The molecule has 21 heavy (non-hydrogen) atoms. The number of aliphatic hydroxyl groups excluding tert-OH is 1. The summed E-state index contributed by atoms with van der Waals surface area (Å²) < 4.78 is 0. The van der Waals surface area contributed by atoms with Gasteiger partial charge in [-0.1, -0.05) is 42.5 Å². The molecule has 0 spiro atoms. The number of nitrogens with zero attached hydrogens (tertiary/aromatic N) is 1. The number of amides is 1. The number of benzene rings is 2. The van der Waals surface area contributed by atoms with Crippen LogP contribution in [0.2, 0.25) is 0 Å². The van der Waals surface area contributed by atoms with Crippen molar-refractivity contribution >= 4 is 22.5 Å². The summed E-state index contributed by atoms with van der Waals surface area (Å²) in [5.74, 6) is 0.299. The quantitative estimate of drug-likeness (QED) is 0.686. The van der Waals surface area contributed by atoms with E-state index in [1.165, 1.54) is 6.20 Å². The standard InChI is InChI=1S/C16H15N3O2/c20-10-13-9-17-19-16(13)18-15(21)8-12-6-3-5-11-4-1-2-7-14(11)12/h1-7,9,20H,8,10H2,(H2,17,18,19,21). The van der Waals surface area contributed by atoms with Gasteiger partial charge in [0.15, 0.2) is 0 Å². The highest BCUT2D eigenvalue weighted by Crippen LogP contribution is 2.19. The first kappa shape index (κ1) is 13.3. The van der Waals surface area contributed by atoms with E-state index in [-0.39, 0.29) is 18.9 Å². The number of rotatable bonds is 4. The summed E-state index contributed by atoms with van der Waals surface area (Å²) in [7, 11) is 0. The monoisotopic (exact) mass is 281 g/mol. The van der Waals surface area contributed by atoms with Crippen LogP contribution in [0.3, 0.4) is 0 Å². The van der Waals surface area contributed by atoms with Crippen LogP contribution in [0.4, 0.5) is 5.82 Å². The summed E-state index contributed by atoms with van der Waals surface area (Å²) >= 11 is 0. The van der Waals surface area contributed by atoms with Crippen molar-refractivity contribution in [2.24, 2.45) is 0 Å². The molecule has 3 rings (SSSR count). The molecule has 1 amide bonds. The molecule has 2 aromatic carbocycles. The average Bonchev–Trinajstić information content (AvgIpc) is 2.94. The summed E-state index contributed by atoms with van der Waals surface area (Å²) in [6, 6.07) is 13.9. The average molecular weight is 281 g/mol. The molecule has 0 aliphatic rings. The Morgan fingerprint density at radius 1 is 1.14 bits per heavy atom. The highest BCUT2D eigenvalue weighted by Gasteiger charge is 2.10. The molecule has 106 valence electrons. The molecule has 0 aliphatic heterocycles. The Morgan fingerprint density at radius 2 is 1.95 bits per heavy atom. The van der Waals surface area contributed by atoms with Gasteiger partial charge in [-0.05, 0) is 16.3 Å². The number of carbonyl (C=O) groups excluding carboxylic acids is 1. The van der Waals surface area contributed by atoms with Crippen molar-refractivity contribution in [3.8, 4) is 0 Å². The van der Waals surface area contributed by atoms with Gasteiger partial charge < -0.3 is 10.4 Å². The minimum Gasteiger partial charge on any atom is -0.391 e. The maximum Gasteiger partial charge on any atom is 0.229 e. The van der Waals surface area contributed by atoms with Gasteiger partial charge in [0.1, 0.15) is 5.82 Å². The van der Waals surface area contributed by atoms with Gasteiger partial charge in [-0.3, -0.25) is 9.89 Å². The zero-order valence-electron chi connectivity index (χ0n) is 11.3.